The number of amides is 1. The molecule has 0 radical (unpaired) electrons. The Hall–Kier alpha value is -2.30. The van der Waals surface area contributed by atoms with E-state index in [1.165, 1.54) is 6.92 Å². The highest BCUT2D eigenvalue weighted by atomic mass is 35.5. The molecule has 1 N–H and O–H groups in total. The van der Waals surface area contributed by atoms with Gasteiger partial charge in [-0.15, -0.1) is 0 Å². The molecule has 0 fully saturated rings. The number of hydrogen-bond donors (Lipinski definition) is 1. The Kier molecular flexibility index (Phi) is 4.60. The van der Waals surface area contributed by atoms with Crippen molar-refractivity contribution < 1.29 is 14.3 Å². The summed E-state index contributed by atoms with van der Waals surface area (Å²) in [5.74, 6) is 0.0677. The first-order chi connectivity index (χ1) is 11.4. The van der Waals surface area contributed by atoms with Crippen molar-refractivity contribution in [3.8, 4) is 5.75 Å². The molecule has 0 aliphatic carbocycles. The van der Waals surface area contributed by atoms with Gasteiger partial charge >= 0.3 is 0 Å². The molecule has 0 bridgehead atoms. The van der Waals surface area contributed by atoms with E-state index in [1.54, 1.807) is 30.3 Å². The minimum Gasteiger partial charge on any atom is -0.486 e. The molecule has 1 aliphatic rings. The molecule has 1 amide bonds. The first-order valence-electron chi connectivity index (χ1n) is 7.19. The quantitative estimate of drug-likeness (QED) is 0.794. The van der Waals surface area contributed by atoms with E-state index in [1.807, 2.05) is 12.1 Å². The van der Waals surface area contributed by atoms with E-state index in [9.17, 15) is 9.59 Å². The molecular formula is C18H13Cl2NO3. The Morgan fingerprint density at radius 1 is 1.21 bits per heavy atom. The summed E-state index contributed by atoms with van der Waals surface area (Å²) in [7, 11) is 0. The van der Waals surface area contributed by atoms with Crippen LogP contribution in [0.25, 0.3) is 6.08 Å². The second-order valence-electron chi connectivity index (χ2n) is 5.35. The molecule has 0 saturated carbocycles. The van der Waals surface area contributed by atoms with Crippen LogP contribution in [-0.4, -0.2) is 18.3 Å². The van der Waals surface area contributed by atoms with Crippen molar-refractivity contribution in [2.45, 2.75) is 6.92 Å². The Bertz CT molecular complexity index is 857. The number of rotatable bonds is 2. The molecule has 3 rings (SSSR count). The third-order valence-corrected chi connectivity index (χ3v) is 3.99. The number of anilines is 1. The van der Waals surface area contributed by atoms with Crippen LogP contribution in [0.15, 0.2) is 42.0 Å². The maximum absolute atomic E-state index is 12.6. The van der Waals surface area contributed by atoms with Crippen molar-refractivity contribution in [3.63, 3.8) is 0 Å². The molecular weight excluding hydrogens is 349 g/mol. The second-order valence-corrected chi connectivity index (χ2v) is 6.20. The van der Waals surface area contributed by atoms with E-state index in [4.69, 9.17) is 27.9 Å². The van der Waals surface area contributed by atoms with Crippen LogP contribution in [0.3, 0.4) is 0 Å². The molecule has 1 heterocycles. The first-order valence-corrected chi connectivity index (χ1v) is 7.94. The molecule has 0 aromatic heterocycles. The van der Waals surface area contributed by atoms with Gasteiger partial charge in [-0.2, -0.15) is 0 Å². The third kappa shape index (κ3) is 3.45. The normalized spacial score (nSPS) is 15.0. The molecule has 0 atom stereocenters. The molecule has 1 aliphatic heterocycles. The number of halogens is 2. The van der Waals surface area contributed by atoms with Crippen LogP contribution in [-0.2, 0) is 4.79 Å². The van der Waals surface area contributed by atoms with Crippen LogP contribution in [0.2, 0.25) is 10.0 Å². The predicted octanol–water partition coefficient (Wildman–Crippen LogP) is 4.61. The zero-order valence-electron chi connectivity index (χ0n) is 12.7. The fourth-order valence-corrected chi connectivity index (χ4v) is 2.99. The van der Waals surface area contributed by atoms with E-state index in [-0.39, 0.29) is 18.3 Å². The number of Topliss-reactive ketones (excluding diaryl/α,β-unsaturated/α-hetero) is 1. The van der Waals surface area contributed by atoms with Gasteiger partial charge in [-0.25, -0.2) is 0 Å². The largest absolute Gasteiger partial charge is 0.486 e. The summed E-state index contributed by atoms with van der Waals surface area (Å²) in [6.45, 7) is 1.59. The first kappa shape index (κ1) is 16.6. The van der Waals surface area contributed by atoms with Gasteiger partial charge in [0.1, 0.15) is 12.4 Å². The van der Waals surface area contributed by atoms with Crippen LogP contribution < -0.4 is 10.1 Å². The van der Waals surface area contributed by atoms with Crippen molar-refractivity contribution in [2.75, 3.05) is 11.9 Å². The highest BCUT2D eigenvalue weighted by Gasteiger charge is 2.26. The van der Waals surface area contributed by atoms with Crippen molar-refractivity contribution in [3.05, 3.63) is 63.1 Å². The number of carbonyl (C=O) groups excluding carboxylic acids is 2. The number of ether oxygens (including phenoxy) is 1. The summed E-state index contributed by atoms with van der Waals surface area (Å²) in [6, 6.07) is 10.3. The lowest BCUT2D eigenvalue weighted by Gasteiger charge is -2.20. The van der Waals surface area contributed by atoms with Crippen LogP contribution >= 0.6 is 23.2 Å². The molecule has 0 saturated heterocycles. The van der Waals surface area contributed by atoms with Gasteiger partial charge in [-0.1, -0.05) is 35.3 Å². The summed E-state index contributed by atoms with van der Waals surface area (Å²) in [5.41, 5.74) is 2.39. The van der Waals surface area contributed by atoms with E-state index in [0.29, 0.717) is 32.6 Å². The second kappa shape index (κ2) is 6.67. The van der Waals surface area contributed by atoms with Crippen molar-refractivity contribution >= 4 is 46.7 Å². The van der Waals surface area contributed by atoms with Crippen LogP contribution in [0.1, 0.15) is 22.8 Å². The van der Waals surface area contributed by atoms with E-state index < -0.39 is 0 Å². The number of carbonyl (C=O) groups is 2. The van der Waals surface area contributed by atoms with Crippen molar-refractivity contribution in [2.24, 2.45) is 0 Å². The van der Waals surface area contributed by atoms with Gasteiger partial charge in [0.2, 0.25) is 5.91 Å². The zero-order chi connectivity index (χ0) is 17.3. The minimum absolute atomic E-state index is 0.137. The molecule has 0 unspecified atom stereocenters. The summed E-state index contributed by atoms with van der Waals surface area (Å²) < 4.78 is 5.60. The average Bonchev–Trinajstić information content (AvgIpc) is 2.52. The maximum Gasteiger partial charge on any atom is 0.221 e. The fourth-order valence-electron chi connectivity index (χ4n) is 2.44. The van der Waals surface area contributed by atoms with Crippen LogP contribution in [0.5, 0.6) is 5.75 Å². The fraction of sp³-hybridized carbons (Fsp3) is 0.111. The molecule has 24 heavy (non-hydrogen) atoms. The van der Waals surface area contributed by atoms with Gasteiger partial charge in [0.05, 0.1) is 10.6 Å². The number of fused-ring (bicyclic) bond motifs is 1. The topological polar surface area (TPSA) is 55.4 Å². The van der Waals surface area contributed by atoms with Crippen LogP contribution in [0.4, 0.5) is 5.69 Å². The van der Waals surface area contributed by atoms with E-state index in [2.05, 4.69) is 5.32 Å². The monoisotopic (exact) mass is 361 g/mol. The Morgan fingerprint density at radius 2 is 1.92 bits per heavy atom. The summed E-state index contributed by atoms with van der Waals surface area (Å²) in [4.78, 5) is 23.6. The van der Waals surface area contributed by atoms with E-state index >= 15 is 0 Å². The Balaban J connectivity index is 1.89. The van der Waals surface area contributed by atoms with Gasteiger partial charge in [-0.05, 0) is 35.9 Å². The lowest BCUT2D eigenvalue weighted by atomic mass is 9.98. The average molecular weight is 362 g/mol. The number of ketones is 1. The Morgan fingerprint density at radius 3 is 2.58 bits per heavy atom. The SMILES string of the molecule is CC(=O)Nc1ccc(/C=C2\COc3c(Cl)cc(Cl)cc3C2=O)cc1. The highest BCUT2D eigenvalue weighted by molar-refractivity contribution is 6.37. The summed E-state index contributed by atoms with van der Waals surface area (Å²) in [5, 5.41) is 3.40. The third-order valence-electron chi connectivity index (χ3n) is 3.49. The Labute approximate surface area is 149 Å². The van der Waals surface area contributed by atoms with Crippen LogP contribution in [0, 0.1) is 0 Å². The molecule has 2 aromatic rings. The molecule has 2 aromatic carbocycles. The van der Waals surface area contributed by atoms with Gasteiger partial charge in [0.15, 0.2) is 5.78 Å². The van der Waals surface area contributed by atoms with Gasteiger partial charge in [-0.3, -0.25) is 9.59 Å². The molecule has 6 heteroatoms. The van der Waals surface area contributed by atoms with E-state index in [0.717, 1.165) is 5.56 Å². The number of nitrogens with one attached hydrogen (secondary N) is 1. The zero-order valence-corrected chi connectivity index (χ0v) is 14.2. The maximum atomic E-state index is 12.6. The van der Waals surface area contributed by atoms with Crippen molar-refractivity contribution in [1.82, 2.24) is 0 Å². The molecule has 4 nitrogen and oxygen atoms in total. The lowest BCUT2D eigenvalue weighted by molar-refractivity contribution is -0.114. The number of hydrogen-bond acceptors (Lipinski definition) is 3. The minimum atomic E-state index is -0.161. The van der Waals surface area contributed by atoms with Gasteiger partial charge < -0.3 is 10.1 Å². The van der Waals surface area contributed by atoms with Gasteiger partial charge in [0.25, 0.3) is 0 Å². The highest BCUT2D eigenvalue weighted by Crippen LogP contribution is 2.37. The molecule has 0 spiro atoms. The van der Waals surface area contributed by atoms with Crippen molar-refractivity contribution in [1.29, 1.82) is 0 Å². The molecule has 122 valence electrons. The predicted molar refractivity (Wildman–Crippen MR) is 95.0 cm³/mol. The van der Waals surface area contributed by atoms with Gasteiger partial charge in [0, 0.05) is 23.2 Å². The summed E-state index contributed by atoms with van der Waals surface area (Å²) >= 11 is 12.0. The number of benzene rings is 2. The lowest BCUT2D eigenvalue weighted by Crippen LogP contribution is -2.19. The standard InChI is InChI=1S/C18H13Cl2NO3/c1-10(22)21-14-4-2-11(3-5-14)6-12-9-24-18-15(17(12)23)7-13(19)8-16(18)20/h2-8H,9H2,1H3,(H,21,22)/b12-6+. The smallest absolute Gasteiger partial charge is 0.221 e. The summed E-state index contributed by atoms with van der Waals surface area (Å²) in [6.07, 6.45) is 1.75.